The average Bonchev–Trinajstić information content (AvgIpc) is 2.76. The zero-order valence-corrected chi connectivity index (χ0v) is 8.81. The first-order chi connectivity index (χ1) is 7.76. The van der Waals surface area contributed by atoms with Crippen molar-refractivity contribution in [2.75, 3.05) is 0 Å². The van der Waals surface area contributed by atoms with Crippen LogP contribution in [0.1, 0.15) is 11.4 Å². The maximum absolute atomic E-state index is 8.83. The number of imidazole rings is 1. The van der Waals surface area contributed by atoms with E-state index in [9.17, 15) is 0 Å². The predicted octanol–water partition coefficient (Wildman–Crippen LogP) is 2.27. The van der Waals surface area contributed by atoms with Gasteiger partial charge >= 0.3 is 0 Å². The second-order valence-corrected chi connectivity index (χ2v) is 3.42. The Morgan fingerprint density at radius 3 is 2.69 bits per heavy atom. The molecule has 2 aromatic rings. The van der Waals surface area contributed by atoms with Gasteiger partial charge < -0.3 is 0 Å². The Kier molecular flexibility index (Phi) is 2.59. The summed E-state index contributed by atoms with van der Waals surface area (Å²) in [5.74, 6) is 0.256. The van der Waals surface area contributed by atoms with E-state index in [-0.39, 0.29) is 5.82 Å². The summed E-state index contributed by atoms with van der Waals surface area (Å²) in [7, 11) is 0. The van der Waals surface area contributed by atoms with E-state index in [1.807, 2.05) is 12.1 Å². The molecule has 0 fully saturated rings. The van der Waals surface area contributed by atoms with Crippen molar-refractivity contribution in [2.24, 2.45) is 0 Å². The molecule has 1 heterocycles. The zero-order chi connectivity index (χ0) is 11.5. The van der Waals surface area contributed by atoms with E-state index in [4.69, 9.17) is 22.1 Å². The minimum Gasteiger partial charge on any atom is -0.290 e. The third-order valence-corrected chi connectivity index (χ3v) is 2.38. The third kappa shape index (κ3) is 1.63. The molecule has 0 N–H and O–H groups in total. The summed E-state index contributed by atoms with van der Waals surface area (Å²) in [6.07, 6.45) is 3.17. The van der Waals surface area contributed by atoms with Gasteiger partial charge in [-0.05, 0) is 18.2 Å². The van der Waals surface area contributed by atoms with Gasteiger partial charge in [-0.3, -0.25) is 4.57 Å². The fraction of sp³-hybridized carbons (Fsp3) is 0. The van der Waals surface area contributed by atoms with Crippen LogP contribution in [0.5, 0.6) is 0 Å². The van der Waals surface area contributed by atoms with E-state index in [1.54, 1.807) is 29.0 Å². The number of rotatable bonds is 1. The van der Waals surface area contributed by atoms with Crippen LogP contribution < -0.4 is 0 Å². The van der Waals surface area contributed by atoms with Gasteiger partial charge in [0.15, 0.2) is 0 Å². The number of nitriles is 2. The van der Waals surface area contributed by atoms with Crippen LogP contribution in [0, 0.1) is 22.7 Å². The lowest BCUT2D eigenvalue weighted by Gasteiger charge is -2.05. The average molecular weight is 229 g/mol. The predicted molar refractivity (Wildman–Crippen MR) is 58.0 cm³/mol. The molecule has 0 atom stereocenters. The van der Waals surface area contributed by atoms with Gasteiger partial charge in [0.05, 0.1) is 22.3 Å². The zero-order valence-electron chi connectivity index (χ0n) is 8.05. The van der Waals surface area contributed by atoms with E-state index in [1.165, 1.54) is 6.20 Å². The fourth-order valence-electron chi connectivity index (χ4n) is 1.35. The summed E-state index contributed by atoms with van der Waals surface area (Å²) in [4.78, 5) is 3.87. The molecule has 0 aliphatic rings. The molecule has 2 rings (SSSR count). The molecule has 0 saturated carbocycles. The van der Waals surface area contributed by atoms with Crippen molar-refractivity contribution in [1.29, 1.82) is 10.5 Å². The van der Waals surface area contributed by atoms with Crippen LogP contribution >= 0.6 is 11.6 Å². The minimum atomic E-state index is 0.256. The second-order valence-electron chi connectivity index (χ2n) is 3.01. The summed E-state index contributed by atoms with van der Waals surface area (Å²) in [6.45, 7) is 0. The first-order valence-corrected chi connectivity index (χ1v) is 4.77. The molecule has 1 aromatic heterocycles. The Morgan fingerprint density at radius 1 is 1.25 bits per heavy atom. The molecule has 0 aliphatic carbocycles. The summed E-state index contributed by atoms with van der Waals surface area (Å²) >= 11 is 6.02. The van der Waals surface area contributed by atoms with Crippen molar-refractivity contribution < 1.29 is 0 Å². The highest BCUT2D eigenvalue weighted by molar-refractivity contribution is 6.32. The van der Waals surface area contributed by atoms with Gasteiger partial charge in [-0.2, -0.15) is 10.5 Å². The number of hydrogen-bond acceptors (Lipinski definition) is 3. The van der Waals surface area contributed by atoms with Crippen molar-refractivity contribution in [3.05, 3.63) is 47.0 Å². The van der Waals surface area contributed by atoms with Crippen LogP contribution in [0.3, 0.4) is 0 Å². The molecule has 4 nitrogen and oxygen atoms in total. The van der Waals surface area contributed by atoms with E-state index in [0.717, 1.165) is 0 Å². The van der Waals surface area contributed by atoms with Gasteiger partial charge in [-0.15, -0.1) is 0 Å². The van der Waals surface area contributed by atoms with Gasteiger partial charge in [0.25, 0.3) is 0 Å². The maximum Gasteiger partial charge on any atom is 0.217 e. The van der Waals surface area contributed by atoms with E-state index in [2.05, 4.69) is 4.98 Å². The van der Waals surface area contributed by atoms with Crippen LogP contribution in [0.4, 0.5) is 0 Å². The van der Waals surface area contributed by atoms with E-state index in [0.29, 0.717) is 16.3 Å². The molecule has 0 saturated heterocycles. The molecule has 0 radical (unpaired) electrons. The summed E-state index contributed by atoms with van der Waals surface area (Å²) in [5.41, 5.74) is 1.11. The molecule has 0 unspecified atom stereocenters. The molecule has 1 aromatic carbocycles. The minimum absolute atomic E-state index is 0.256. The number of benzene rings is 1. The van der Waals surface area contributed by atoms with Crippen molar-refractivity contribution in [2.45, 2.75) is 0 Å². The molecule has 0 aliphatic heterocycles. The quantitative estimate of drug-likeness (QED) is 0.752. The van der Waals surface area contributed by atoms with Gasteiger partial charge in [0, 0.05) is 12.4 Å². The maximum atomic E-state index is 8.83. The molecule has 0 spiro atoms. The molecular weight excluding hydrogens is 224 g/mol. The Morgan fingerprint density at radius 2 is 2.06 bits per heavy atom. The van der Waals surface area contributed by atoms with Crippen molar-refractivity contribution in [1.82, 2.24) is 9.55 Å². The second kappa shape index (κ2) is 4.06. The largest absolute Gasteiger partial charge is 0.290 e. The van der Waals surface area contributed by atoms with Crippen molar-refractivity contribution in [3.63, 3.8) is 0 Å². The van der Waals surface area contributed by atoms with Gasteiger partial charge in [-0.25, -0.2) is 4.98 Å². The smallest absolute Gasteiger partial charge is 0.217 e. The molecule has 76 valence electrons. The van der Waals surface area contributed by atoms with Crippen molar-refractivity contribution >= 4 is 11.6 Å². The van der Waals surface area contributed by atoms with Gasteiger partial charge in [0.2, 0.25) is 5.82 Å². The molecular formula is C11H5ClN4. The Labute approximate surface area is 96.9 Å². The van der Waals surface area contributed by atoms with E-state index >= 15 is 0 Å². The lowest BCUT2D eigenvalue weighted by Crippen LogP contribution is -1.97. The van der Waals surface area contributed by atoms with Crippen LogP contribution in [-0.4, -0.2) is 9.55 Å². The standard InChI is InChI=1S/C11H5ClN4/c12-9-5-8(6-13)1-2-10(9)16-4-3-15-11(16)7-14/h1-5H. The first kappa shape index (κ1) is 10.2. The number of aromatic nitrogens is 2. The summed E-state index contributed by atoms with van der Waals surface area (Å²) < 4.78 is 1.57. The molecule has 5 heteroatoms. The highest BCUT2D eigenvalue weighted by Crippen LogP contribution is 2.22. The van der Waals surface area contributed by atoms with Crippen LogP contribution in [-0.2, 0) is 0 Å². The Balaban J connectivity index is 2.59. The number of halogens is 1. The summed E-state index contributed by atoms with van der Waals surface area (Å²) in [6, 6.07) is 8.83. The van der Waals surface area contributed by atoms with Gasteiger partial charge in [0.1, 0.15) is 6.07 Å². The molecule has 0 bridgehead atoms. The van der Waals surface area contributed by atoms with Crippen LogP contribution in [0.2, 0.25) is 5.02 Å². The highest BCUT2D eigenvalue weighted by Gasteiger charge is 2.08. The number of nitrogens with zero attached hydrogens (tertiary/aromatic N) is 4. The Hall–Kier alpha value is -2.30. The summed E-state index contributed by atoms with van der Waals surface area (Å²) in [5, 5.41) is 17.9. The first-order valence-electron chi connectivity index (χ1n) is 4.39. The molecule has 0 amide bonds. The van der Waals surface area contributed by atoms with Gasteiger partial charge in [-0.1, -0.05) is 11.6 Å². The highest BCUT2D eigenvalue weighted by atomic mass is 35.5. The lowest BCUT2D eigenvalue weighted by atomic mass is 10.2. The van der Waals surface area contributed by atoms with E-state index < -0.39 is 0 Å². The normalized spacial score (nSPS) is 9.44. The van der Waals surface area contributed by atoms with Crippen LogP contribution in [0.15, 0.2) is 30.6 Å². The van der Waals surface area contributed by atoms with Crippen molar-refractivity contribution in [3.8, 4) is 17.8 Å². The monoisotopic (exact) mass is 228 g/mol. The van der Waals surface area contributed by atoms with Crippen LogP contribution in [0.25, 0.3) is 5.69 Å². The fourth-order valence-corrected chi connectivity index (χ4v) is 1.62. The number of hydrogen-bond donors (Lipinski definition) is 0. The lowest BCUT2D eigenvalue weighted by molar-refractivity contribution is 1.02. The molecule has 16 heavy (non-hydrogen) atoms. The topological polar surface area (TPSA) is 65.4 Å². The third-order valence-electron chi connectivity index (χ3n) is 2.08. The SMILES string of the molecule is N#Cc1ccc(-n2ccnc2C#N)c(Cl)c1. The Bertz CT molecular complexity index is 616.